The molecule has 118 valence electrons. The average Bonchev–Trinajstić information content (AvgIpc) is 3.03. The van der Waals surface area contributed by atoms with Gasteiger partial charge in [0.25, 0.3) is 0 Å². The minimum Gasteiger partial charge on any atom is -0.439 e. The van der Waals surface area contributed by atoms with Crippen LogP contribution >= 0.6 is 23.2 Å². The van der Waals surface area contributed by atoms with Crippen molar-refractivity contribution in [3.8, 4) is 11.3 Å². The average molecular weight is 347 g/mol. The zero-order chi connectivity index (χ0) is 16.2. The number of aromatic nitrogens is 1. The molecule has 3 rings (SSSR count). The smallest absolute Gasteiger partial charge is 0.208 e. The van der Waals surface area contributed by atoms with Crippen molar-refractivity contribution in [2.75, 3.05) is 0 Å². The molecule has 0 saturated carbocycles. The third kappa shape index (κ3) is 3.94. The zero-order valence-electron chi connectivity index (χ0n) is 12.6. The zero-order valence-corrected chi connectivity index (χ0v) is 14.1. The second kappa shape index (κ2) is 7.18. The molecule has 5 heteroatoms. The molecule has 0 aliphatic heterocycles. The van der Waals surface area contributed by atoms with Crippen molar-refractivity contribution < 1.29 is 4.42 Å². The lowest BCUT2D eigenvalue weighted by Crippen LogP contribution is -2.18. The molecule has 1 atom stereocenters. The lowest BCUT2D eigenvalue weighted by Gasteiger charge is -2.14. The van der Waals surface area contributed by atoms with E-state index in [2.05, 4.69) is 17.2 Å². The Morgan fingerprint density at radius 3 is 2.57 bits per heavy atom. The molecule has 0 unspecified atom stereocenters. The van der Waals surface area contributed by atoms with Gasteiger partial charge >= 0.3 is 0 Å². The van der Waals surface area contributed by atoms with Crippen molar-refractivity contribution in [1.82, 2.24) is 10.3 Å². The molecule has 0 radical (unpaired) electrons. The number of hydrogen-bond acceptors (Lipinski definition) is 3. The Morgan fingerprint density at radius 1 is 1.09 bits per heavy atom. The third-order valence-electron chi connectivity index (χ3n) is 3.61. The van der Waals surface area contributed by atoms with Gasteiger partial charge in [-0.3, -0.25) is 0 Å². The van der Waals surface area contributed by atoms with Crippen LogP contribution in [0.2, 0.25) is 10.0 Å². The normalized spacial score (nSPS) is 12.3. The molecule has 3 aromatic rings. The highest BCUT2D eigenvalue weighted by Crippen LogP contribution is 2.24. The van der Waals surface area contributed by atoms with Crippen LogP contribution in [-0.4, -0.2) is 4.98 Å². The Bertz CT molecular complexity index is 784. The fraction of sp³-hybridized carbons (Fsp3) is 0.167. The first-order valence-corrected chi connectivity index (χ1v) is 8.07. The van der Waals surface area contributed by atoms with Crippen LogP contribution in [0.4, 0.5) is 0 Å². The minimum absolute atomic E-state index is 0.106. The van der Waals surface area contributed by atoms with E-state index in [4.69, 9.17) is 27.6 Å². The highest BCUT2D eigenvalue weighted by atomic mass is 35.5. The molecule has 3 nitrogen and oxygen atoms in total. The van der Waals surface area contributed by atoms with E-state index in [-0.39, 0.29) is 6.04 Å². The maximum absolute atomic E-state index is 6.21. The van der Waals surface area contributed by atoms with Gasteiger partial charge in [-0.15, -0.1) is 0 Å². The molecule has 0 amide bonds. The number of rotatable bonds is 5. The van der Waals surface area contributed by atoms with Crippen LogP contribution in [0.15, 0.2) is 59.1 Å². The van der Waals surface area contributed by atoms with Crippen molar-refractivity contribution in [2.45, 2.75) is 19.5 Å². The summed E-state index contributed by atoms with van der Waals surface area (Å²) in [4.78, 5) is 4.31. The fourth-order valence-electron chi connectivity index (χ4n) is 2.32. The first kappa shape index (κ1) is 16.1. The summed E-state index contributed by atoms with van der Waals surface area (Å²) in [6.45, 7) is 2.59. The predicted molar refractivity (Wildman–Crippen MR) is 93.7 cm³/mol. The Morgan fingerprint density at radius 2 is 1.83 bits per heavy atom. The molecule has 1 heterocycles. The van der Waals surface area contributed by atoms with Crippen LogP contribution in [0.25, 0.3) is 11.3 Å². The molecular weight excluding hydrogens is 331 g/mol. The lowest BCUT2D eigenvalue weighted by molar-refractivity contribution is 0.454. The number of halogens is 2. The maximum Gasteiger partial charge on any atom is 0.208 e. The first-order chi connectivity index (χ1) is 11.1. The van der Waals surface area contributed by atoms with Gasteiger partial charge in [0, 0.05) is 21.7 Å². The van der Waals surface area contributed by atoms with E-state index in [9.17, 15) is 0 Å². The molecule has 0 spiro atoms. The summed E-state index contributed by atoms with van der Waals surface area (Å²) >= 11 is 12.1. The van der Waals surface area contributed by atoms with E-state index >= 15 is 0 Å². The van der Waals surface area contributed by atoms with E-state index in [0.717, 1.165) is 21.9 Å². The molecule has 0 bridgehead atoms. The summed E-state index contributed by atoms with van der Waals surface area (Å²) in [5.74, 6) is 1.36. The molecular formula is C18H16Cl2N2O. The Balaban J connectivity index is 1.65. The van der Waals surface area contributed by atoms with Gasteiger partial charge in [-0.1, -0.05) is 41.4 Å². The first-order valence-electron chi connectivity index (χ1n) is 7.32. The SMILES string of the molecule is C[C@@H](NCc1ncc(-c2ccc(Cl)cc2)o1)c1ccccc1Cl. The molecule has 1 N–H and O–H groups in total. The largest absolute Gasteiger partial charge is 0.439 e. The van der Waals surface area contributed by atoms with Crippen LogP contribution < -0.4 is 5.32 Å². The standard InChI is InChI=1S/C18H16Cl2N2O/c1-12(15-4-2-3-5-16(15)20)21-11-18-22-10-17(23-18)13-6-8-14(19)9-7-13/h2-10,12,21H,11H2,1H3/t12-/m1/s1. The number of benzene rings is 2. The summed E-state index contributed by atoms with van der Waals surface area (Å²) in [6.07, 6.45) is 1.72. The van der Waals surface area contributed by atoms with E-state index in [1.807, 2.05) is 48.5 Å². The summed E-state index contributed by atoms with van der Waals surface area (Å²) in [5.41, 5.74) is 2.01. The molecule has 0 aliphatic rings. The van der Waals surface area contributed by atoms with Crippen molar-refractivity contribution in [2.24, 2.45) is 0 Å². The van der Waals surface area contributed by atoms with Gasteiger partial charge in [0.1, 0.15) is 0 Å². The van der Waals surface area contributed by atoms with Gasteiger partial charge in [0.05, 0.1) is 12.7 Å². The number of hydrogen-bond donors (Lipinski definition) is 1. The van der Waals surface area contributed by atoms with Crippen LogP contribution in [0.5, 0.6) is 0 Å². The summed E-state index contributed by atoms with van der Waals surface area (Å²) < 4.78 is 5.78. The number of oxazole rings is 1. The summed E-state index contributed by atoms with van der Waals surface area (Å²) in [5, 5.41) is 4.82. The van der Waals surface area contributed by atoms with Gasteiger partial charge < -0.3 is 9.73 Å². The van der Waals surface area contributed by atoms with Crippen molar-refractivity contribution in [3.05, 3.63) is 76.2 Å². The number of nitrogens with one attached hydrogen (secondary N) is 1. The second-order valence-corrected chi connectivity index (χ2v) is 6.09. The fourth-order valence-corrected chi connectivity index (χ4v) is 2.74. The van der Waals surface area contributed by atoms with E-state index < -0.39 is 0 Å². The van der Waals surface area contributed by atoms with Crippen molar-refractivity contribution in [3.63, 3.8) is 0 Å². The van der Waals surface area contributed by atoms with E-state index in [0.29, 0.717) is 17.5 Å². The minimum atomic E-state index is 0.106. The van der Waals surface area contributed by atoms with Crippen LogP contribution in [0, 0.1) is 0 Å². The van der Waals surface area contributed by atoms with Crippen LogP contribution in [0.3, 0.4) is 0 Å². The second-order valence-electron chi connectivity index (χ2n) is 5.25. The molecule has 0 aliphatic carbocycles. The molecule has 2 aromatic carbocycles. The van der Waals surface area contributed by atoms with Crippen LogP contribution in [0.1, 0.15) is 24.4 Å². The van der Waals surface area contributed by atoms with Crippen molar-refractivity contribution >= 4 is 23.2 Å². The van der Waals surface area contributed by atoms with Gasteiger partial charge in [-0.25, -0.2) is 4.98 Å². The lowest BCUT2D eigenvalue weighted by atomic mass is 10.1. The van der Waals surface area contributed by atoms with Gasteiger partial charge in [0.2, 0.25) is 5.89 Å². The Kier molecular flexibility index (Phi) is 5.01. The van der Waals surface area contributed by atoms with Gasteiger partial charge in [-0.2, -0.15) is 0 Å². The Labute approximate surface area is 145 Å². The summed E-state index contributed by atoms with van der Waals surface area (Å²) in [6, 6.07) is 15.4. The topological polar surface area (TPSA) is 38.1 Å². The molecule has 23 heavy (non-hydrogen) atoms. The maximum atomic E-state index is 6.21. The predicted octanol–water partition coefficient (Wildman–Crippen LogP) is 5.50. The monoisotopic (exact) mass is 346 g/mol. The van der Waals surface area contributed by atoms with Crippen molar-refractivity contribution in [1.29, 1.82) is 0 Å². The molecule has 0 fully saturated rings. The number of nitrogens with zero attached hydrogens (tertiary/aromatic N) is 1. The summed E-state index contributed by atoms with van der Waals surface area (Å²) in [7, 11) is 0. The van der Waals surface area contributed by atoms with Gasteiger partial charge in [-0.05, 0) is 42.8 Å². The molecule has 0 saturated heterocycles. The van der Waals surface area contributed by atoms with Gasteiger partial charge in [0.15, 0.2) is 5.76 Å². The Hall–Kier alpha value is -1.81. The third-order valence-corrected chi connectivity index (χ3v) is 4.21. The molecule has 1 aromatic heterocycles. The van der Waals surface area contributed by atoms with Crippen LogP contribution in [-0.2, 0) is 6.54 Å². The van der Waals surface area contributed by atoms with E-state index in [1.165, 1.54) is 0 Å². The highest BCUT2D eigenvalue weighted by Gasteiger charge is 2.11. The quantitative estimate of drug-likeness (QED) is 0.662. The van der Waals surface area contributed by atoms with E-state index in [1.54, 1.807) is 6.20 Å². The highest BCUT2D eigenvalue weighted by molar-refractivity contribution is 6.31.